The molecule has 2 atom stereocenters. The van der Waals surface area contributed by atoms with E-state index < -0.39 is 0 Å². The molecule has 1 aromatic carbocycles. The van der Waals surface area contributed by atoms with Crippen molar-refractivity contribution < 1.29 is 0 Å². The molecule has 1 fully saturated rings. The van der Waals surface area contributed by atoms with Gasteiger partial charge in [-0.1, -0.05) is 34.5 Å². The molecular formula is C14H21BrN2. The molecule has 1 saturated heterocycles. The SMILES string of the molecule is CC1CCCC(C)N1NCc1cccc(Br)c1. The normalized spacial score (nSPS) is 26.1. The van der Waals surface area contributed by atoms with Gasteiger partial charge in [0, 0.05) is 23.1 Å². The van der Waals surface area contributed by atoms with E-state index in [-0.39, 0.29) is 0 Å². The summed E-state index contributed by atoms with van der Waals surface area (Å²) in [5.41, 5.74) is 4.90. The lowest BCUT2D eigenvalue weighted by atomic mass is 10.00. The van der Waals surface area contributed by atoms with E-state index in [1.165, 1.54) is 24.8 Å². The van der Waals surface area contributed by atoms with E-state index in [4.69, 9.17) is 0 Å². The fourth-order valence-electron chi connectivity index (χ4n) is 2.56. The smallest absolute Gasteiger partial charge is 0.0354 e. The Labute approximate surface area is 112 Å². The third-order valence-electron chi connectivity index (χ3n) is 3.55. The minimum atomic E-state index is 0.644. The molecule has 0 spiro atoms. The highest BCUT2D eigenvalue weighted by Gasteiger charge is 2.23. The van der Waals surface area contributed by atoms with Gasteiger partial charge in [0.2, 0.25) is 0 Å². The fraction of sp³-hybridized carbons (Fsp3) is 0.571. The van der Waals surface area contributed by atoms with E-state index in [1.54, 1.807) is 0 Å². The summed E-state index contributed by atoms with van der Waals surface area (Å²) in [5.74, 6) is 0. The molecule has 2 rings (SSSR count). The average Bonchev–Trinajstić information content (AvgIpc) is 2.28. The number of hydrazine groups is 1. The zero-order chi connectivity index (χ0) is 12.3. The van der Waals surface area contributed by atoms with Crippen LogP contribution in [0.2, 0.25) is 0 Å². The first-order valence-corrected chi connectivity index (χ1v) is 7.22. The highest BCUT2D eigenvalue weighted by atomic mass is 79.9. The number of hydrogen-bond acceptors (Lipinski definition) is 2. The summed E-state index contributed by atoms with van der Waals surface area (Å²) in [6.07, 6.45) is 3.96. The number of hydrogen-bond donors (Lipinski definition) is 1. The Morgan fingerprint density at radius 2 is 2.00 bits per heavy atom. The molecule has 1 N–H and O–H groups in total. The number of nitrogens with one attached hydrogen (secondary N) is 1. The summed E-state index contributed by atoms with van der Waals surface area (Å²) >= 11 is 3.51. The van der Waals surface area contributed by atoms with Gasteiger partial charge >= 0.3 is 0 Å². The quantitative estimate of drug-likeness (QED) is 0.915. The zero-order valence-corrected chi connectivity index (χ0v) is 12.2. The number of halogens is 1. The highest BCUT2D eigenvalue weighted by Crippen LogP contribution is 2.20. The summed E-state index contributed by atoms with van der Waals surface area (Å²) in [6, 6.07) is 9.78. The van der Waals surface area contributed by atoms with Crippen LogP contribution in [-0.2, 0) is 6.54 Å². The number of piperidine rings is 1. The van der Waals surface area contributed by atoms with Gasteiger partial charge in [-0.25, -0.2) is 5.01 Å². The maximum absolute atomic E-state index is 3.58. The molecule has 0 aliphatic carbocycles. The summed E-state index contributed by atoms with van der Waals surface area (Å²) in [7, 11) is 0. The summed E-state index contributed by atoms with van der Waals surface area (Å²) in [4.78, 5) is 0. The Morgan fingerprint density at radius 1 is 1.29 bits per heavy atom. The van der Waals surface area contributed by atoms with Crippen molar-refractivity contribution in [1.82, 2.24) is 10.4 Å². The second-order valence-electron chi connectivity index (χ2n) is 5.00. The van der Waals surface area contributed by atoms with Crippen molar-refractivity contribution >= 4 is 15.9 Å². The van der Waals surface area contributed by atoms with E-state index in [2.05, 4.69) is 64.5 Å². The van der Waals surface area contributed by atoms with Crippen LogP contribution in [0.25, 0.3) is 0 Å². The van der Waals surface area contributed by atoms with E-state index >= 15 is 0 Å². The van der Waals surface area contributed by atoms with Gasteiger partial charge < -0.3 is 0 Å². The van der Waals surface area contributed by atoms with Crippen LogP contribution in [0.5, 0.6) is 0 Å². The van der Waals surface area contributed by atoms with Crippen molar-refractivity contribution in [3.8, 4) is 0 Å². The largest absolute Gasteiger partial charge is 0.250 e. The van der Waals surface area contributed by atoms with Crippen molar-refractivity contribution in [2.24, 2.45) is 0 Å². The highest BCUT2D eigenvalue weighted by molar-refractivity contribution is 9.10. The van der Waals surface area contributed by atoms with Crippen LogP contribution in [0.3, 0.4) is 0 Å². The molecule has 2 unspecified atom stereocenters. The van der Waals surface area contributed by atoms with Crippen molar-refractivity contribution in [2.75, 3.05) is 0 Å². The van der Waals surface area contributed by atoms with Crippen LogP contribution >= 0.6 is 15.9 Å². The molecule has 0 radical (unpaired) electrons. The first-order valence-electron chi connectivity index (χ1n) is 6.43. The second-order valence-corrected chi connectivity index (χ2v) is 5.92. The molecule has 1 aromatic rings. The van der Waals surface area contributed by atoms with Crippen LogP contribution in [0.15, 0.2) is 28.7 Å². The number of benzene rings is 1. The zero-order valence-electron chi connectivity index (χ0n) is 10.6. The second kappa shape index (κ2) is 5.98. The average molecular weight is 297 g/mol. The Balaban J connectivity index is 1.92. The molecular weight excluding hydrogens is 276 g/mol. The van der Waals surface area contributed by atoms with Crippen LogP contribution in [0.4, 0.5) is 0 Å². The third-order valence-corrected chi connectivity index (χ3v) is 4.04. The summed E-state index contributed by atoms with van der Waals surface area (Å²) < 4.78 is 1.15. The maximum Gasteiger partial charge on any atom is 0.0354 e. The van der Waals surface area contributed by atoms with Crippen LogP contribution in [-0.4, -0.2) is 17.1 Å². The van der Waals surface area contributed by atoms with E-state index in [0.29, 0.717) is 12.1 Å². The molecule has 0 saturated carbocycles. The first-order chi connectivity index (χ1) is 8.16. The number of nitrogens with zero attached hydrogens (tertiary/aromatic N) is 1. The molecule has 0 amide bonds. The summed E-state index contributed by atoms with van der Waals surface area (Å²) in [6.45, 7) is 5.53. The van der Waals surface area contributed by atoms with Gasteiger partial charge in [-0.2, -0.15) is 0 Å². The van der Waals surface area contributed by atoms with Crippen molar-refractivity contribution in [2.45, 2.75) is 51.7 Å². The molecule has 2 nitrogen and oxygen atoms in total. The summed E-state index contributed by atoms with van der Waals surface area (Å²) in [5, 5.41) is 2.42. The van der Waals surface area contributed by atoms with Crippen molar-refractivity contribution in [3.63, 3.8) is 0 Å². The lowest BCUT2D eigenvalue weighted by Gasteiger charge is -2.39. The standard InChI is InChI=1S/C14H21BrN2/c1-11-5-3-6-12(2)17(11)16-10-13-7-4-8-14(15)9-13/h4,7-9,11-12,16H,3,5-6,10H2,1-2H3. The van der Waals surface area contributed by atoms with Crippen molar-refractivity contribution in [1.29, 1.82) is 0 Å². The van der Waals surface area contributed by atoms with Gasteiger partial charge in [-0.15, -0.1) is 0 Å². The van der Waals surface area contributed by atoms with Gasteiger partial charge in [-0.05, 0) is 44.4 Å². The minimum Gasteiger partial charge on any atom is -0.250 e. The molecule has 0 aromatic heterocycles. The van der Waals surface area contributed by atoms with E-state index in [1.807, 2.05) is 0 Å². The number of rotatable bonds is 3. The molecule has 1 heterocycles. The predicted octanol–water partition coefficient (Wildman–Crippen LogP) is 3.72. The van der Waals surface area contributed by atoms with E-state index in [0.717, 1.165) is 11.0 Å². The van der Waals surface area contributed by atoms with E-state index in [9.17, 15) is 0 Å². The Hall–Kier alpha value is -0.380. The fourth-order valence-corrected chi connectivity index (χ4v) is 3.01. The Morgan fingerprint density at radius 3 is 2.65 bits per heavy atom. The lowest BCUT2D eigenvalue weighted by molar-refractivity contribution is 0.0435. The van der Waals surface area contributed by atoms with Gasteiger partial charge in [0.05, 0.1) is 0 Å². The molecule has 0 bridgehead atoms. The Bertz CT molecular complexity index is 357. The Kier molecular flexibility index (Phi) is 4.60. The van der Waals surface area contributed by atoms with Crippen LogP contribution in [0.1, 0.15) is 38.7 Å². The third kappa shape index (κ3) is 3.54. The molecule has 94 valence electrons. The molecule has 3 heteroatoms. The van der Waals surface area contributed by atoms with Gasteiger partial charge in [0.15, 0.2) is 0 Å². The topological polar surface area (TPSA) is 15.3 Å². The van der Waals surface area contributed by atoms with Gasteiger partial charge in [0.1, 0.15) is 0 Å². The van der Waals surface area contributed by atoms with Crippen LogP contribution < -0.4 is 5.43 Å². The maximum atomic E-state index is 3.58. The van der Waals surface area contributed by atoms with Gasteiger partial charge in [-0.3, -0.25) is 5.43 Å². The molecule has 1 aliphatic heterocycles. The molecule has 17 heavy (non-hydrogen) atoms. The molecule has 1 aliphatic rings. The minimum absolute atomic E-state index is 0.644. The first kappa shape index (κ1) is 13.1. The van der Waals surface area contributed by atoms with Gasteiger partial charge in [0.25, 0.3) is 0 Å². The van der Waals surface area contributed by atoms with Crippen LogP contribution in [0, 0.1) is 0 Å². The lowest BCUT2D eigenvalue weighted by Crippen LogP contribution is -2.51. The predicted molar refractivity (Wildman–Crippen MR) is 75.6 cm³/mol. The van der Waals surface area contributed by atoms with Crippen molar-refractivity contribution in [3.05, 3.63) is 34.3 Å². The monoisotopic (exact) mass is 296 g/mol.